The number of nitrogens with zero attached hydrogens (tertiary/aromatic N) is 4. The molecule has 4 heterocycles. The van der Waals surface area contributed by atoms with Gasteiger partial charge in [-0.3, -0.25) is 9.58 Å². The topological polar surface area (TPSA) is 57.0 Å². The van der Waals surface area contributed by atoms with Gasteiger partial charge >= 0.3 is 6.18 Å². The van der Waals surface area contributed by atoms with E-state index < -0.39 is 23.0 Å². The molecule has 2 aromatic heterocycles. The van der Waals surface area contributed by atoms with E-state index in [-0.39, 0.29) is 11.7 Å². The molecular formula is C24H29F3N4OS. The Bertz CT molecular complexity index is 1050. The van der Waals surface area contributed by atoms with Gasteiger partial charge in [0, 0.05) is 30.2 Å². The molecule has 2 aliphatic carbocycles. The summed E-state index contributed by atoms with van der Waals surface area (Å²) in [7, 11) is 0. The summed E-state index contributed by atoms with van der Waals surface area (Å²) in [5, 5.41) is 4.68. The van der Waals surface area contributed by atoms with Crippen molar-refractivity contribution in [1.29, 1.82) is 0 Å². The zero-order chi connectivity index (χ0) is 23.1. The molecule has 9 heteroatoms. The summed E-state index contributed by atoms with van der Waals surface area (Å²) in [6.45, 7) is 6.35. The lowest BCUT2D eigenvalue weighted by Crippen LogP contribution is -2.50. The predicted molar refractivity (Wildman–Crippen MR) is 120 cm³/mol. The SMILES string of the molecule is CC(C)n1nc(-c2cccc(C(F)(F)F)n2)cc1C1C2CC(N3CCC4(C3)C[S+]([O-])C4)CC21. The van der Waals surface area contributed by atoms with E-state index in [0.717, 1.165) is 36.4 Å². The van der Waals surface area contributed by atoms with Crippen molar-refractivity contribution in [3.05, 3.63) is 35.7 Å². The van der Waals surface area contributed by atoms with Crippen LogP contribution in [-0.2, 0) is 17.4 Å². The molecule has 2 aromatic rings. The molecule has 0 amide bonds. The van der Waals surface area contributed by atoms with Crippen LogP contribution in [0.25, 0.3) is 11.4 Å². The molecule has 6 rings (SSSR count). The first kappa shape index (κ1) is 21.9. The zero-order valence-corrected chi connectivity index (χ0v) is 19.7. The van der Waals surface area contributed by atoms with Gasteiger partial charge in [0.15, 0.2) is 0 Å². The highest BCUT2D eigenvalue weighted by molar-refractivity contribution is 7.92. The molecule has 2 atom stereocenters. The summed E-state index contributed by atoms with van der Waals surface area (Å²) in [5.74, 6) is 3.44. The molecule has 33 heavy (non-hydrogen) atoms. The van der Waals surface area contributed by atoms with Gasteiger partial charge in [-0.25, -0.2) is 4.98 Å². The Morgan fingerprint density at radius 3 is 2.52 bits per heavy atom. The Morgan fingerprint density at radius 1 is 1.15 bits per heavy atom. The van der Waals surface area contributed by atoms with Crippen molar-refractivity contribution in [2.24, 2.45) is 17.3 Å². The molecule has 4 fully saturated rings. The maximum atomic E-state index is 13.1. The summed E-state index contributed by atoms with van der Waals surface area (Å²) in [6, 6.07) is 6.72. The van der Waals surface area contributed by atoms with Gasteiger partial charge < -0.3 is 4.55 Å². The summed E-state index contributed by atoms with van der Waals surface area (Å²) < 4.78 is 53.0. The second-order valence-corrected chi connectivity index (χ2v) is 12.3. The van der Waals surface area contributed by atoms with E-state index in [0.29, 0.717) is 34.9 Å². The molecule has 4 aliphatic rings. The first-order valence-corrected chi connectivity index (χ1v) is 13.4. The number of pyridine rings is 1. The van der Waals surface area contributed by atoms with E-state index in [1.807, 2.05) is 10.7 Å². The van der Waals surface area contributed by atoms with E-state index in [4.69, 9.17) is 0 Å². The van der Waals surface area contributed by atoms with Crippen LogP contribution in [0, 0.1) is 17.3 Å². The molecule has 2 unspecified atom stereocenters. The van der Waals surface area contributed by atoms with E-state index >= 15 is 0 Å². The van der Waals surface area contributed by atoms with Crippen molar-refractivity contribution in [2.75, 3.05) is 24.6 Å². The van der Waals surface area contributed by atoms with Crippen LogP contribution in [0.15, 0.2) is 24.3 Å². The molecule has 0 bridgehead atoms. The molecular weight excluding hydrogens is 449 g/mol. The average molecular weight is 479 g/mol. The molecule has 0 aromatic carbocycles. The van der Waals surface area contributed by atoms with Gasteiger partial charge in [-0.05, 0) is 69.7 Å². The van der Waals surface area contributed by atoms with Crippen LogP contribution in [0.5, 0.6) is 0 Å². The molecule has 2 saturated heterocycles. The van der Waals surface area contributed by atoms with Crippen molar-refractivity contribution >= 4 is 11.2 Å². The van der Waals surface area contributed by atoms with E-state index in [1.54, 1.807) is 6.07 Å². The predicted octanol–water partition coefficient (Wildman–Crippen LogP) is 4.49. The third-order valence-corrected chi connectivity index (χ3v) is 10.1. The molecule has 2 aliphatic heterocycles. The first-order chi connectivity index (χ1) is 15.6. The van der Waals surface area contributed by atoms with Gasteiger partial charge in [-0.1, -0.05) is 17.2 Å². The Hall–Kier alpha value is -1.58. The molecule has 0 N–H and O–H groups in total. The normalized spacial score (nSPS) is 35.9. The quantitative estimate of drug-likeness (QED) is 0.608. The van der Waals surface area contributed by atoms with Gasteiger partial charge in [-0.2, -0.15) is 18.3 Å². The Balaban J connectivity index is 1.18. The molecule has 2 saturated carbocycles. The summed E-state index contributed by atoms with van der Waals surface area (Å²) in [5.41, 5.74) is 1.37. The number of fused-ring (bicyclic) bond motifs is 1. The number of rotatable bonds is 4. The Labute approximate surface area is 194 Å². The number of hydrogen-bond donors (Lipinski definition) is 0. The minimum atomic E-state index is -4.47. The van der Waals surface area contributed by atoms with Crippen molar-refractivity contribution in [1.82, 2.24) is 19.7 Å². The molecule has 5 nitrogen and oxygen atoms in total. The lowest BCUT2D eigenvalue weighted by molar-refractivity contribution is -0.141. The van der Waals surface area contributed by atoms with Crippen LogP contribution in [0.3, 0.4) is 0 Å². The highest BCUT2D eigenvalue weighted by atomic mass is 32.2. The monoisotopic (exact) mass is 478 g/mol. The fourth-order valence-corrected chi connectivity index (χ4v) is 8.39. The van der Waals surface area contributed by atoms with Crippen LogP contribution in [-0.4, -0.2) is 54.9 Å². The fraction of sp³-hybridized carbons (Fsp3) is 0.667. The molecule has 1 spiro atoms. The minimum absolute atomic E-state index is 0.134. The van der Waals surface area contributed by atoms with Gasteiger partial charge in [0.25, 0.3) is 0 Å². The van der Waals surface area contributed by atoms with E-state index in [1.165, 1.54) is 25.3 Å². The lowest BCUT2D eigenvalue weighted by Gasteiger charge is -2.39. The maximum absolute atomic E-state index is 13.1. The summed E-state index contributed by atoms with van der Waals surface area (Å²) >= 11 is -0.598. The first-order valence-electron chi connectivity index (χ1n) is 11.9. The number of alkyl halides is 3. The second-order valence-electron chi connectivity index (χ2n) is 10.8. The average Bonchev–Trinajstić information content (AvgIpc) is 3.20. The van der Waals surface area contributed by atoms with Crippen LogP contribution >= 0.6 is 0 Å². The van der Waals surface area contributed by atoms with Crippen molar-refractivity contribution < 1.29 is 17.7 Å². The van der Waals surface area contributed by atoms with Crippen molar-refractivity contribution in [3.63, 3.8) is 0 Å². The highest BCUT2D eigenvalue weighted by Crippen LogP contribution is 2.64. The smallest absolute Gasteiger partial charge is 0.433 e. The van der Waals surface area contributed by atoms with Crippen LogP contribution < -0.4 is 0 Å². The Morgan fingerprint density at radius 2 is 1.88 bits per heavy atom. The second kappa shape index (κ2) is 7.46. The van der Waals surface area contributed by atoms with Gasteiger partial charge in [0.1, 0.15) is 22.9 Å². The molecule has 178 valence electrons. The third-order valence-electron chi connectivity index (χ3n) is 8.24. The van der Waals surface area contributed by atoms with E-state index in [2.05, 4.69) is 28.8 Å². The number of likely N-dealkylation sites (tertiary alicyclic amines) is 1. The van der Waals surface area contributed by atoms with Gasteiger partial charge in [-0.15, -0.1) is 0 Å². The van der Waals surface area contributed by atoms with Crippen molar-refractivity contribution in [3.8, 4) is 11.4 Å². The van der Waals surface area contributed by atoms with E-state index in [9.17, 15) is 17.7 Å². The lowest BCUT2D eigenvalue weighted by atomic mass is 9.91. The fourth-order valence-electron chi connectivity index (χ4n) is 6.64. The third kappa shape index (κ3) is 3.71. The van der Waals surface area contributed by atoms with Crippen molar-refractivity contribution in [2.45, 2.75) is 57.3 Å². The standard InChI is InChI=1S/C24H29F3N4OS/c1-14(2)31-20(10-19(29-31)18-4-3-5-21(28-18)24(25,26)27)22-16-8-15(9-17(16)22)30-7-6-23(11-30)12-33(32)13-23/h3-5,10,14-17,22H,6-9,11-13H2,1-2H3. The molecule has 0 radical (unpaired) electrons. The maximum Gasteiger partial charge on any atom is 0.433 e. The highest BCUT2D eigenvalue weighted by Gasteiger charge is 2.61. The van der Waals surface area contributed by atoms with Crippen LogP contribution in [0.2, 0.25) is 0 Å². The van der Waals surface area contributed by atoms with Crippen LogP contribution in [0.4, 0.5) is 13.2 Å². The van der Waals surface area contributed by atoms with Gasteiger partial charge in [0.2, 0.25) is 0 Å². The summed E-state index contributed by atoms with van der Waals surface area (Å²) in [6.07, 6.45) is -0.935. The number of halogens is 3. The number of aromatic nitrogens is 3. The van der Waals surface area contributed by atoms with Gasteiger partial charge in [0.05, 0.1) is 11.1 Å². The zero-order valence-electron chi connectivity index (χ0n) is 18.9. The largest absolute Gasteiger partial charge is 0.616 e. The minimum Gasteiger partial charge on any atom is -0.616 e. The number of hydrogen-bond acceptors (Lipinski definition) is 4. The Kier molecular flexibility index (Phi) is 4.95. The van der Waals surface area contributed by atoms with Crippen LogP contribution in [0.1, 0.15) is 56.5 Å². The summed E-state index contributed by atoms with van der Waals surface area (Å²) in [4.78, 5) is 6.48.